The van der Waals surface area contributed by atoms with E-state index in [0.717, 1.165) is 51.9 Å². The average molecular weight is 962 g/mol. The summed E-state index contributed by atoms with van der Waals surface area (Å²) < 4.78 is 0. The second-order valence-corrected chi connectivity index (χ2v) is 31.2. The van der Waals surface area contributed by atoms with Crippen LogP contribution >= 0.6 is 0 Å². The molecule has 4 heteroatoms. The molecule has 13 fully saturated rings. The molecule has 70 heavy (non-hydrogen) atoms. The van der Waals surface area contributed by atoms with E-state index >= 15 is 9.59 Å². The van der Waals surface area contributed by atoms with Crippen LogP contribution in [0.5, 0.6) is 0 Å². The molecule has 0 aromatic heterocycles. The molecule has 3 heterocycles. The van der Waals surface area contributed by atoms with Gasteiger partial charge in [-0.05, 0) is 207 Å². The minimum Gasteiger partial charge on any atom is -0.342 e. The highest BCUT2D eigenvalue weighted by Gasteiger charge is 2.83. The molecular weight excluding hydrogens is 853 g/mol. The third-order valence-corrected chi connectivity index (χ3v) is 28.7. The maximum absolute atomic E-state index is 18.5. The predicted molar refractivity (Wildman–Crippen MR) is 288 cm³/mol. The van der Waals surface area contributed by atoms with Crippen molar-refractivity contribution in [1.29, 1.82) is 0 Å². The fourth-order valence-electron chi connectivity index (χ4n) is 24.9. The quantitative estimate of drug-likeness (QED) is 0.243. The normalized spacial score (nSPS) is 45.2. The molecule has 13 rings (SSSR count). The van der Waals surface area contributed by atoms with Gasteiger partial charge in [0.15, 0.2) is 0 Å². The van der Waals surface area contributed by atoms with E-state index in [1.54, 1.807) is 0 Å². The minimum atomic E-state index is -0.418. The van der Waals surface area contributed by atoms with Crippen molar-refractivity contribution in [2.45, 2.75) is 286 Å². The van der Waals surface area contributed by atoms with Crippen molar-refractivity contribution in [2.75, 3.05) is 26.2 Å². The van der Waals surface area contributed by atoms with Gasteiger partial charge >= 0.3 is 0 Å². The number of nitrogens with zero attached hydrogens (tertiary/aromatic N) is 2. The Bertz CT molecular complexity index is 1900. The zero-order valence-electron chi connectivity index (χ0n) is 46.9. The Balaban J connectivity index is 1.20. The largest absolute Gasteiger partial charge is 0.342 e. The SMILES string of the molecule is CC1CN2CC(C)C3(CCCCC3)CN(CC13CCCCC3)C(=O)C1(CC(C)C3(CCCCC3)C1)C1(CC(C)C3(CCCCC3)C1)C1(CC(C)C3(CCCCC3)C1)C1(CC(C)C3(CCCCC3)C1)C2=O. The summed E-state index contributed by atoms with van der Waals surface area (Å²) in [5.41, 5.74) is 0.0888. The van der Waals surface area contributed by atoms with Crippen LogP contribution in [0.3, 0.4) is 0 Å². The van der Waals surface area contributed by atoms with E-state index < -0.39 is 10.8 Å². The molecule has 0 aromatic rings. The Kier molecular flexibility index (Phi) is 12.6. The molecule has 10 spiro atoms. The van der Waals surface area contributed by atoms with Gasteiger partial charge in [-0.15, -0.1) is 0 Å². The van der Waals surface area contributed by atoms with Crippen LogP contribution in [0, 0.1) is 89.7 Å². The molecule has 0 radical (unpaired) electrons. The minimum absolute atomic E-state index is 0.0865. The lowest BCUT2D eigenvalue weighted by Gasteiger charge is -2.67. The zero-order chi connectivity index (χ0) is 48.5. The van der Waals surface area contributed by atoms with Gasteiger partial charge in [0, 0.05) is 26.2 Å². The lowest BCUT2D eigenvalue weighted by Crippen LogP contribution is -2.69. The van der Waals surface area contributed by atoms with E-state index in [1.807, 2.05) is 0 Å². The smallest absolute Gasteiger partial charge is 0.229 e. The number of hydrogen-bond acceptors (Lipinski definition) is 2. The van der Waals surface area contributed by atoms with Crippen LogP contribution in [-0.2, 0) is 9.59 Å². The first-order valence-electron chi connectivity index (χ1n) is 32.2. The van der Waals surface area contributed by atoms with E-state index in [4.69, 9.17) is 0 Å². The van der Waals surface area contributed by atoms with Crippen molar-refractivity contribution >= 4 is 11.8 Å². The van der Waals surface area contributed by atoms with E-state index in [0.29, 0.717) is 58.2 Å². The second kappa shape index (κ2) is 17.8. The third kappa shape index (κ3) is 7.00. The maximum Gasteiger partial charge on any atom is 0.229 e. The van der Waals surface area contributed by atoms with Gasteiger partial charge < -0.3 is 9.80 Å². The van der Waals surface area contributed by atoms with Gasteiger partial charge in [-0.1, -0.05) is 157 Å². The Labute approximate surface area is 430 Å². The van der Waals surface area contributed by atoms with Gasteiger partial charge in [0.25, 0.3) is 0 Å². The molecule has 13 aliphatic rings. The first-order chi connectivity index (χ1) is 33.6. The molecule has 10 saturated carbocycles. The van der Waals surface area contributed by atoms with Crippen molar-refractivity contribution < 1.29 is 9.59 Å². The van der Waals surface area contributed by atoms with Crippen molar-refractivity contribution in [3.63, 3.8) is 0 Å². The maximum atomic E-state index is 18.5. The predicted octanol–water partition coefficient (Wildman–Crippen LogP) is 17.3. The van der Waals surface area contributed by atoms with Gasteiger partial charge in [-0.2, -0.15) is 0 Å². The van der Waals surface area contributed by atoms with Gasteiger partial charge in [0.1, 0.15) is 0 Å². The number of carbonyl (C=O) groups is 2. The van der Waals surface area contributed by atoms with Crippen LogP contribution < -0.4 is 0 Å². The molecule has 0 aromatic carbocycles. The highest BCUT2D eigenvalue weighted by molar-refractivity contribution is 5.88. The standard InChI is InChI=1S/C66H108N2O2/c1-49-37-63(43-57(49)25-13-7-14-26-57)55(69)67-41-53(5)61(33-21-11-22-34-61)47-68(48-62(54(6)42-67)35-23-12-24-36-62)56(70)64(38-50(2)58(44-64)27-15-8-16-28-58)66(40-52(4)60(46-66)31-19-10-20-32-60)65(63)39-51(3)59(45-65)29-17-9-18-30-59/h49-54H,7-48H2,1-6H3. The van der Waals surface area contributed by atoms with Crippen LogP contribution in [0.2, 0.25) is 0 Å². The second-order valence-electron chi connectivity index (χ2n) is 31.2. The van der Waals surface area contributed by atoms with Crippen LogP contribution in [0.4, 0.5) is 0 Å². The van der Waals surface area contributed by atoms with Crippen LogP contribution in [0.15, 0.2) is 0 Å². The number of fused-ring (bicyclic) bond motifs is 2. The summed E-state index contributed by atoms with van der Waals surface area (Å²) in [6.45, 7) is 20.0. The fraction of sp³-hybridized carbons (Fsp3) is 0.970. The summed E-state index contributed by atoms with van der Waals surface area (Å²) in [5.74, 6) is 4.55. The van der Waals surface area contributed by atoms with Crippen molar-refractivity contribution in [2.24, 2.45) is 89.7 Å². The first-order valence-corrected chi connectivity index (χ1v) is 32.2. The molecular formula is C66H108N2O2. The summed E-state index contributed by atoms with van der Waals surface area (Å²) >= 11 is 0. The molecule has 3 saturated heterocycles. The Morgan fingerprint density at radius 1 is 0.300 bits per heavy atom. The molecule has 10 aliphatic carbocycles. The van der Waals surface area contributed by atoms with Crippen molar-refractivity contribution in [1.82, 2.24) is 9.80 Å². The highest BCUT2D eigenvalue weighted by atomic mass is 16.2. The fourth-order valence-corrected chi connectivity index (χ4v) is 24.9. The average Bonchev–Trinajstić information content (AvgIpc) is 4.04. The third-order valence-electron chi connectivity index (χ3n) is 28.7. The summed E-state index contributed by atoms with van der Waals surface area (Å²) in [7, 11) is 0. The summed E-state index contributed by atoms with van der Waals surface area (Å²) in [6, 6.07) is 0. The van der Waals surface area contributed by atoms with Crippen LogP contribution in [0.25, 0.3) is 0 Å². The van der Waals surface area contributed by atoms with Crippen LogP contribution in [0.1, 0.15) is 286 Å². The van der Waals surface area contributed by atoms with E-state index in [-0.39, 0.29) is 32.5 Å². The van der Waals surface area contributed by atoms with E-state index in [1.165, 1.54) is 218 Å². The lowest BCUT2D eigenvalue weighted by molar-refractivity contribution is -0.209. The lowest BCUT2D eigenvalue weighted by atomic mass is 9.38. The molecule has 394 valence electrons. The number of rotatable bonds is 0. The van der Waals surface area contributed by atoms with Gasteiger partial charge in [0.2, 0.25) is 11.8 Å². The summed E-state index contributed by atoms with van der Waals surface area (Å²) in [5, 5.41) is 0. The highest BCUT2D eigenvalue weighted by Crippen LogP contribution is 2.87. The molecule has 4 nitrogen and oxygen atoms in total. The Morgan fingerprint density at radius 2 is 0.557 bits per heavy atom. The van der Waals surface area contributed by atoms with Gasteiger partial charge in [-0.25, -0.2) is 0 Å². The number of hydrogen-bond donors (Lipinski definition) is 0. The molecule has 2 amide bonds. The monoisotopic (exact) mass is 961 g/mol. The molecule has 0 N–H and O–H groups in total. The molecule has 2 bridgehead atoms. The van der Waals surface area contributed by atoms with Crippen molar-refractivity contribution in [3.05, 3.63) is 0 Å². The number of carbonyl (C=O) groups excluding carboxylic acids is 2. The molecule has 3 aliphatic heterocycles. The summed E-state index contributed by atoms with van der Waals surface area (Å²) in [4.78, 5) is 42.5. The van der Waals surface area contributed by atoms with Gasteiger partial charge in [-0.3, -0.25) is 9.59 Å². The topological polar surface area (TPSA) is 40.6 Å². The first kappa shape index (κ1) is 49.8. The van der Waals surface area contributed by atoms with E-state index in [9.17, 15) is 0 Å². The Hall–Kier alpha value is -1.06. The molecule has 10 unspecified atom stereocenters. The number of amides is 2. The van der Waals surface area contributed by atoms with E-state index in [2.05, 4.69) is 51.3 Å². The Morgan fingerprint density at radius 3 is 0.871 bits per heavy atom. The molecule has 10 atom stereocenters. The van der Waals surface area contributed by atoms with Crippen LogP contribution in [-0.4, -0.2) is 47.8 Å². The van der Waals surface area contributed by atoms with Crippen molar-refractivity contribution in [3.8, 4) is 0 Å². The zero-order valence-corrected chi connectivity index (χ0v) is 46.9. The summed E-state index contributed by atoms with van der Waals surface area (Å²) in [6.07, 6.45) is 49.7. The van der Waals surface area contributed by atoms with Gasteiger partial charge in [0.05, 0.1) is 10.8 Å².